The van der Waals surface area contributed by atoms with E-state index in [0.717, 1.165) is 0 Å². The van der Waals surface area contributed by atoms with Gasteiger partial charge in [0, 0.05) is 5.41 Å². The highest BCUT2D eigenvalue weighted by Crippen LogP contribution is 2.52. The summed E-state index contributed by atoms with van der Waals surface area (Å²) in [6.45, 7) is 4.78. The van der Waals surface area contributed by atoms with Gasteiger partial charge >= 0.3 is 0 Å². The molecule has 12 rings (SSSR count). The molecule has 0 saturated carbocycles. The van der Waals surface area contributed by atoms with E-state index in [-0.39, 0.29) is 5.41 Å². The summed E-state index contributed by atoms with van der Waals surface area (Å²) in [4.78, 5) is 0. The van der Waals surface area contributed by atoms with Gasteiger partial charge in [0.15, 0.2) is 0 Å². The number of benzene rings is 9. The third-order valence-corrected chi connectivity index (χ3v) is 19.3. The molecule has 2 aliphatic heterocycles. The van der Waals surface area contributed by atoms with Crippen LogP contribution < -0.4 is 10.4 Å². The van der Waals surface area contributed by atoms with Crippen molar-refractivity contribution in [1.82, 2.24) is 0 Å². The zero-order valence-electron chi connectivity index (χ0n) is 32.0. The lowest BCUT2D eigenvalue weighted by molar-refractivity contribution is 0.660. The Morgan fingerprint density at radius 2 is 0.946 bits per heavy atom. The average Bonchev–Trinajstić information content (AvgIpc) is 3.91. The molecule has 1 saturated heterocycles. The molecule has 9 aromatic rings. The topological polar surface area (TPSA) is 0 Å². The predicted molar refractivity (Wildman–Crippen MR) is 242 cm³/mol. The van der Waals surface area contributed by atoms with Crippen molar-refractivity contribution in [3.63, 3.8) is 0 Å². The van der Waals surface area contributed by atoms with E-state index in [0.29, 0.717) is 0 Å². The highest BCUT2D eigenvalue weighted by molar-refractivity contribution is 7.06. The van der Waals surface area contributed by atoms with Gasteiger partial charge in [-0.1, -0.05) is 172 Å². The molecule has 1 aliphatic carbocycles. The fourth-order valence-electron chi connectivity index (χ4n) is 11.3. The van der Waals surface area contributed by atoms with E-state index in [1.54, 1.807) is 10.4 Å². The third kappa shape index (κ3) is 4.41. The van der Waals surface area contributed by atoms with Crippen molar-refractivity contribution < 1.29 is 0 Å². The van der Waals surface area contributed by atoms with Crippen LogP contribution in [0.25, 0.3) is 88.0 Å². The Morgan fingerprint density at radius 3 is 1.79 bits per heavy atom. The molecular weight excluding hydrogens is 689 g/mol. The van der Waals surface area contributed by atoms with Crippen LogP contribution in [0, 0.1) is 0 Å². The second-order valence-electron chi connectivity index (χ2n) is 17.1. The molecule has 0 nitrogen and oxygen atoms in total. The Balaban J connectivity index is 1.14. The van der Waals surface area contributed by atoms with E-state index < -0.39 is 8.07 Å². The molecule has 0 bridgehead atoms. The van der Waals surface area contributed by atoms with E-state index in [9.17, 15) is 0 Å². The van der Waals surface area contributed by atoms with Crippen LogP contribution in [0.5, 0.6) is 0 Å². The van der Waals surface area contributed by atoms with Gasteiger partial charge < -0.3 is 0 Å². The molecule has 0 radical (unpaired) electrons. The highest BCUT2D eigenvalue weighted by atomic mass is 28.3. The van der Waals surface area contributed by atoms with Crippen LogP contribution in [-0.2, 0) is 5.41 Å². The molecule has 1 fully saturated rings. The van der Waals surface area contributed by atoms with E-state index in [1.807, 2.05) is 0 Å². The van der Waals surface area contributed by atoms with E-state index in [2.05, 4.69) is 184 Å². The normalized spacial score (nSPS) is 15.7. The standard InChI is InChI=1S/C55H42Si/c1-55(2)49-19-9-7-15-41(49)42-26-24-40(34-50(42)55)54-45-18-6-5-17-44(45)53(46-27-23-38(32-48(46)54)37-22-21-35-13-3-4-14-36(35)31-37)39-25-28-52-47(33-39)43-16-8-10-20-51(43)56(52)29-11-12-30-56/h3-10,13-28,31-34H,11-12,29-30H2,1-2H3. The van der Waals surface area contributed by atoms with Crippen molar-refractivity contribution in [3.8, 4) is 55.6 Å². The first-order chi connectivity index (χ1) is 27.5. The molecule has 0 N–H and O–H groups in total. The zero-order valence-corrected chi connectivity index (χ0v) is 33.0. The van der Waals surface area contributed by atoms with Crippen LogP contribution in [0.15, 0.2) is 170 Å². The summed E-state index contributed by atoms with van der Waals surface area (Å²) in [5, 5.41) is 11.1. The summed E-state index contributed by atoms with van der Waals surface area (Å²) in [6, 6.07) is 68.1. The highest BCUT2D eigenvalue weighted by Gasteiger charge is 2.47. The Hall–Kier alpha value is -6.02. The van der Waals surface area contributed by atoms with Gasteiger partial charge in [-0.3, -0.25) is 0 Å². The monoisotopic (exact) mass is 730 g/mol. The minimum absolute atomic E-state index is 0.0789. The summed E-state index contributed by atoms with van der Waals surface area (Å²) >= 11 is 0. The molecule has 2 heterocycles. The van der Waals surface area contributed by atoms with Crippen LogP contribution in [-0.4, -0.2) is 8.07 Å². The Labute approximate surface area is 330 Å². The largest absolute Gasteiger partial charge is 0.119 e. The van der Waals surface area contributed by atoms with E-state index in [1.165, 1.54) is 124 Å². The second-order valence-corrected chi connectivity index (χ2v) is 21.4. The minimum Gasteiger partial charge on any atom is -0.0623 e. The lowest BCUT2D eigenvalue weighted by atomic mass is 9.80. The molecule has 0 atom stereocenters. The van der Waals surface area contributed by atoms with Crippen LogP contribution >= 0.6 is 0 Å². The quantitative estimate of drug-likeness (QED) is 0.125. The van der Waals surface area contributed by atoms with E-state index >= 15 is 0 Å². The molecule has 56 heavy (non-hydrogen) atoms. The van der Waals surface area contributed by atoms with Crippen LogP contribution in [0.3, 0.4) is 0 Å². The smallest absolute Gasteiger partial charge is 0.0623 e. The van der Waals surface area contributed by atoms with Crippen molar-refractivity contribution in [1.29, 1.82) is 0 Å². The van der Waals surface area contributed by atoms with Crippen LogP contribution in [0.2, 0.25) is 12.1 Å². The van der Waals surface area contributed by atoms with Gasteiger partial charge in [0.05, 0.1) is 0 Å². The Bertz CT molecular complexity index is 3120. The number of rotatable bonds is 3. The lowest BCUT2D eigenvalue weighted by Gasteiger charge is -2.24. The van der Waals surface area contributed by atoms with Crippen molar-refractivity contribution in [3.05, 3.63) is 181 Å². The van der Waals surface area contributed by atoms with Crippen LogP contribution in [0.4, 0.5) is 0 Å². The number of hydrogen-bond donors (Lipinski definition) is 0. The summed E-state index contributed by atoms with van der Waals surface area (Å²) in [7, 11) is -1.70. The minimum atomic E-state index is -1.70. The number of hydrogen-bond acceptors (Lipinski definition) is 0. The predicted octanol–water partition coefficient (Wildman–Crippen LogP) is 13.8. The first-order valence-electron chi connectivity index (χ1n) is 20.5. The summed E-state index contributed by atoms with van der Waals surface area (Å²) < 4.78 is 0. The summed E-state index contributed by atoms with van der Waals surface area (Å²) in [5.74, 6) is 0. The fourth-order valence-corrected chi connectivity index (χ4v) is 16.9. The van der Waals surface area contributed by atoms with Crippen molar-refractivity contribution in [2.75, 3.05) is 0 Å². The molecule has 1 spiro atoms. The van der Waals surface area contributed by atoms with Crippen molar-refractivity contribution in [2.45, 2.75) is 44.2 Å². The molecular formula is C55H42Si. The SMILES string of the molecule is CC1(C)c2ccccc2-c2ccc(-c3c4ccccc4c(-c4ccc5c(c4)-c4ccccc4[Si]54CCCC4)c4ccc(-c5ccc6ccccc6c5)cc34)cc21. The Morgan fingerprint density at radius 1 is 0.375 bits per heavy atom. The zero-order chi connectivity index (χ0) is 37.2. The van der Waals surface area contributed by atoms with Crippen molar-refractivity contribution >= 4 is 50.8 Å². The molecule has 1 heteroatoms. The van der Waals surface area contributed by atoms with Gasteiger partial charge in [-0.25, -0.2) is 0 Å². The molecule has 3 aliphatic rings. The average molecular weight is 731 g/mol. The molecule has 266 valence electrons. The maximum absolute atomic E-state index is 2.57. The lowest BCUT2D eigenvalue weighted by Crippen LogP contribution is -2.52. The maximum Gasteiger partial charge on any atom is 0.119 e. The molecule has 0 aromatic heterocycles. The summed E-state index contributed by atoms with van der Waals surface area (Å²) in [6.07, 6.45) is 2.73. The van der Waals surface area contributed by atoms with Gasteiger partial charge in [-0.2, -0.15) is 0 Å². The molecule has 9 aromatic carbocycles. The third-order valence-electron chi connectivity index (χ3n) is 14.0. The van der Waals surface area contributed by atoms with E-state index in [4.69, 9.17) is 0 Å². The van der Waals surface area contributed by atoms with Gasteiger partial charge in [-0.15, -0.1) is 0 Å². The van der Waals surface area contributed by atoms with Crippen LogP contribution in [0.1, 0.15) is 37.8 Å². The van der Waals surface area contributed by atoms with Gasteiger partial charge in [-0.05, 0) is 146 Å². The van der Waals surface area contributed by atoms with Gasteiger partial charge in [0.2, 0.25) is 0 Å². The van der Waals surface area contributed by atoms with Crippen molar-refractivity contribution in [2.24, 2.45) is 0 Å². The fraction of sp³-hybridized carbons (Fsp3) is 0.127. The first-order valence-corrected chi connectivity index (χ1v) is 22.9. The first kappa shape index (κ1) is 32.2. The molecule has 0 amide bonds. The number of fused-ring (bicyclic) bond motifs is 11. The second kappa shape index (κ2) is 11.7. The molecule has 0 unspecified atom stereocenters. The maximum atomic E-state index is 2.57. The van der Waals surface area contributed by atoms with Gasteiger partial charge in [0.1, 0.15) is 8.07 Å². The summed E-state index contributed by atoms with van der Waals surface area (Å²) in [5.41, 5.74) is 16.2. The van der Waals surface area contributed by atoms with Gasteiger partial charge in [0.25, 0.3) is 0 Å². The Kier molecular flexibility index (Phi) is 6.76.